The zero-order chi connectivity index (χ0) is 13.3. The van der Waals surface area contributed by atoms with E-state index in [2.05, 4.69) is 20.7 Å². The average Bonchev–Trinajstić information content (AvgIpc) is 2.08. The molecule has 96 valence electrons. The standard InChI is InChI=1S/C9H12BrNO4S2/c1-7-8(10)4-3-5-9(7)11-17(14,15)6-16(2,12)13/h3-5,11H,6H2,1-2H3. The van der Waals surface area contributed by atoms with Gasteiger partial charge in [-0.2, -0.15) is 0 Å². The van der Waals surface area contributed by atoms with Crippen LogP contribution < -0.4 is 4.72 Å². The fraction of sp³-hybridized carbons (Fsp3) is 0.333. The lowest BCUT2D eigenvalue weighted by molar-refractivity contribution is 0.595. The van der Waals surface area contributed by atoms with E-state index in [1.807, 2.05) is 0 Å². The van der Waals surface area contributed by atoms with Gasteiger partial charge in [0.1, 0.15) is 0 Å². The summed E-state index contributed by atoms with van der Waals surface area (Å²) in [6, 6.07) is 5.00. The lowest BCUT2D eigenvalue weighted by Gasteiger charge is -2.10. The third kappa shape index (κ3) is 4.64. The molecule has 0 saturated heterocycles. The van der Waals surface area contributed by atoms with Crippen LogP contribution in [0.15, 0.2) is 22.7 Å². The van der Waals surface area contributed by atoms with Crippen molar-refractivity contribution in [3.63, 3.8) is 0 Å². The van der Waals surface area contributed by atoms with Crippen LogP contribution in [0.3, 0.4) is 0 Å². The summed E-state index contributed by atoms with van der Waals surface area (Å²) in [5.41, 5.74) is 1.06. The normalized spacial score (nSPS) is 12.4. The summed E-state index contributed by atoms with van der Waals surface area (Å²) in [7, 11) is -7.48. The molecular weight excluding hydrogens is 330 g/mol. The van der Waals surface area contributed by atoms with E-state index in [9.17, 15) is 16.8 Å². The second-order valence-corrected chi connectivity index (χ2v) is 8.76. The average molecular weight is 342 g/mol. The third-order valence-corrected chi connectivity index (χ3v) is 6.25. The Morgan fingerprint density at radius 3 is 2.35 bits per heavy atom. The topological polar surface area (TPSA) is 80.3 Å². The molecule has 0 spiro atoms. The lowest BCUT2D eigenvalue weighted by atomic mass is 10.2. The lowest BCUT2D eigenvalue weighted by Crippen LogP contribution is -2.22. The van der Waals surface area contributed by atoms with Crippen molar-refractivity contribution in [1.29, 1.82) is 0 Å². The van der Waals surface area contributed by atoms with Crippen LogP contribution in [0, 0.1) is 6.92 Å². The molecule has 0 aliphatic carbocycles. The van der Waals surface area contributed by atoms with E-state index in [0.29, 0.717) is 11.3 Å². The van der Waals surface area contributed by atoms with Crippen molar-refractivity contribution >= 4 is 41.5 Å². The highest BCUT2D eigenvalue weighted by atomic mass is 79.9. The van der Waals surface area contributed by atoms with Gasteiger partial charge in [-0.1, -0.05) is 22.0 Å². The second-order valence-electron chi connectivity index (χ2n) is 3.67. The molecule has 0 fully saturated rings. The zero-order valence-electron chi connectivity index (χ0n) is 9.27. The summed E-state index contributed by atoms with van der Waals surface area (Å²) in [5, 5.41) is -0.925. The number of sulfone groups is 1. The number of sulfonamides is 1. The zero-order valence-corrected chi connectivity index (χ0v) is 12.5. The van der Waals surface area contributed by atoms with E-state index in [1.165, 1.54) is 0 Å². The minimum Gasteiger partial charge on any atom is -0.282 e. The number of nitrogens with one attached hydrogen (secondary N) is 1. The summed E-state index contributed by atoms with van der Waals surface area (Å²) in [6.45, 7) is 1.72. The molecule has 8 heteroatoms. The molecule has 0 heterocycles. The Labute approximate surface area is 109 Å². The monoisotopic (exact) mass is 341 g/mol. The molecule has 0 saturated carbocycles. The van der Waals surface area contributed by atoms with Gasteiger partial charge in [-0.25, -0.2) is 16.8 Å². The van der Waals surface area contributed by atoms with Gasteiger partial charge in [-0.05, 0) is 24.6 Å². The van der Waals surface area contributed by atoms with Crippen molar-refractivity contribution in [1.82, 2.24) is 0 Å². The molecule has 5 nitrogen and oxygen atoms in total. The van der Waals surface area contributed by atoms with Gasteiger partial charge >= 0.3 is 0 Å². The molecule has 0 radical (unpaired) electrons. The number of rotatable bonds is 4. The molecule has 0 bridgehead atoms. The van der Waals surface area contributed by atoms with Gasteiger partial charge in [0.15, 0.2) is 14.9 Å². The van der Waals surface area contributed by atoms with E-state index >= 15 is 0 Å². The Balaban J connectivity index is 3.03. The molecule has 0 unspecified atom stereocenters. The highest BCUT2D eigenvalue weighted by Crippen LogP contribution is 2.24. The highest BCUT2D eigenvalue weighted by molar-refractivity contribution is 9.10. The molecule has 1 rings (SSSR count). The SMILES string of the molecule is Cc1c(Br)cccc1NS(=O)(=O)CS(C)(=O)=O. The van der Waals surface area contributed by atoms with Crippen molar-refractivity contribution in [3.05, 3.63) is 28.2 Å². The first-order chi connectivity index (χ1) is 7.61. The van der Waals surface area contributed by atoms with Gasteiger partial charge in [0.25, 0.3) is 0 Å². The Morgan fingerprint density at radius 1 is 1.24 bits per heavy atom. The van der Waals surface area contributed by atoms with Crippen LogP contribution in [0.5, 0.6) is 0 Å². The minimum atomic E-state index is -3.89. The molecule has 0 aliphatic rings. The maximum atomic E-state index is 11.6. The maximum Gasteiger partial charge on any atom is 0.247 e. The molecule has 17 heavy (non-hydrogen) atoms. The number of benzene rings is 1. The van der Waals surface area contributed by atoms with E-state index in [4.69, 9.17) is 0 Å². The van der Waals surface area contributed by atoms with Crippen molar-refractivity contribution in [2.45, 2.75) is 6.92 Å². The molecule has 1 N–H and O–H groups in total. The van der Waals surface area contributed by atoms with Crippen molar-refractivity contribution < 1.29 is 16.8 Å². The van der Waals surface area contributed by atoms with E-state index in [-0.39, 0.29) is 0 Å². The largest absolute Gasteiger partial charge is 0.282 e. The van der Waals surface area contributed by atoms with Crippen LogP contribution in [0.2, 0.25) is 0 Å². The van der Waals surface area contributed by atoms with Crippen molar-refractivity contribution in [2.24, 2.45) is 0 Å². The number of halogens is 1. The van der Waals surface area contributed by atoms with Crippen LogP contribution in [-0.2, 0) is 19.9 Å². The van der Waals surface area contributed by atoms with Gasteiger partial charge in [0.2, 0.25) is 10.0 Å². The molecule has 0 amide bonds. The summed E-state index contributed by atoms with van der Waals surface area (Å²) in [5.74, 6) is 0. The molecular formula is C9H12BrNO4S2. The van der Waals surface area contributed by atoms with Crippen molar-refractivity contribution in [3.8, 4) is 0 Å². The Hall–Kier alpha value is -0.600. The molecule has 1 aromatic carbocycles. The van der Waals surface area contributed by atoms with Crippen LogP contribution in [0.25, 0.3) is 0 Å². The first-order valence-electron chi connectivity index (χ1n) is 4.54. The smallest absolute Gasteiger partial charge is 0.247 e. The molecule has 0 aliphatic heterocycles. The fourth-order valence-corrected chi connectivity index (χ4v) is 4.61. The van der Waals surface area contributed by atoms with E-state index < -0.39 is 24.9 Å². The molecule has 0 aromatic heterocycles. The molecule has 0 atom stereocenters. The fourth-order valence-electron chi connectivity index (χ4n) is 1.20. The summed E-state index contributed by atoms with van der Waals surface area (Å²) in [6.07, 6.45) is 0.875. The number of hydrogen-bond donors (Lipinski definition) is 1. The van der Waals surface area contributed by atoms with Gasteiger partial charge in [0.05, 0.1) is 5.69 Å². The van der Waals surface area contributed by atoms with Gasteiger partial charge in [0, 0.05) is 10.7 Å². The second kappa shape index (κ2) is 4.95. The summed E-state index contributed by atoms with van der Waals surface area (Å²) >= 11 is 3.26. The first kappa shape index (κ1) is 14.5. The maximum absolute atomic E-state index is 11.6. The number of hydrogen-bond acceptors (Lipinski definition) is 4. The summed E-state index contributed by atoms with van der Waals surface area (Å²) < 4.78 is 48.1. The predicted molar refractivity (Wildman–Crippen MR) is 71.1 cm³/mol. The number of anilines is 1. The van der Waals surface area contributed by atoms with Gasteiger partial charge < -0.3 is 0 Å². The van der Waals surface area contributed by atoms with Crippen LogP contribution in [0.4, 0.5) is 5.69 Å². The van der Waals surface area contributed by atoms with Gasteiger partial charge in [-0.15, -0.1) is 0 Å². The Kier molecular flexibility index (Phi) is 4.21. The van der Waals surface area contributed by atoms with Crippen molar-refractivity contribution in [2.75, 3.05) is 16.1 Å². The third-order valence-electron chi connectivity index (χ3n) is 1.90. The predicted octanol–water partition coefficient (Wildman–Crippen LogP) is 1.50. The quantitative estimate of drug-likeness (QED) is 0.899. The first-order valence-corrected chi connectivity index (χ1v) is 9.05. The van der Waals surface area contributed by atoms with E-state index in [1.54, 1.807) is 25.1 Å². The van der Waals surface area contributed by atoms with Crippen LogP contribution in [0.1, 0.15) is 5.56 Å². The van der Waals surface area contributed by atoms with Gasteiger partial charge in [-0.3, -0.25) is 4.72 Å². The summed E-state index contributed by atoms with van der Waals surface area (Å²) in [4.78, 5) is 0. The Morgan fingerprint density at radius 2 is 1.82 bits per heavy atom. The highest BCUT2D eigenvalue weighted by Gasteiger charge is 2.19. The molecule has 1 aromatic rings. The van der Waals surface area contributed by atoms with Crippen LogP contribution >= 0.6 is 15.9 Å². The minimum absolute atomic E-state index is 0.364. The van der Waals surface area contributed by atoms with E-state index in [0.717, 1.165) is 10.7 Å². The Bertz CT molecular complexity index is 622. The van der Waals surface area contributed by atoms with Crippen LogP contribution in [-0.4, -0.2) is 28.2 Å².